The van der Waals surface area contributed by atoms with Gasteiger partial charge in [0.15, 0.2) is 0 Å². The second-order valence-electron chi connectivity index (χ2n) is 4.68. The lowest BCUT2D eigenvalue weighted by Crippen LogP contribution is -2.33. The van der Waals surface area contributed by atoms with Gasteiger partial charge < -0.3 is 10.2 Å². The van der Waals surface area contributed by atoms with Crippen LogP contribution in [0.25, 0.3) is 0 Å². The monoisotopic (exact) mass is 253 g/mol. The zero-order chi connectivity index (χ0) is 13.9. The van der Waals surface area contributed by atoms with Gasteiger partial charge in [0, 0.05) is 0 Å². The summed E-state index contributed by atoms with van der Waals surface area (Å²) in [4.78, 5) is 27.4. The molecule has 0 heterocycles. The van der Waals surface area contributed by atoms with E-state index in [2.05, 4.69) is 5.48 Å². The van der Waals surface area contributed by atoms with E-state index in [0.717, 1.165) is 6.07 Å². The zero-order valence-corrected chi connectivity index (χ0v) is 10.4. The van der Waals surface area contributed by atoms with E-state index in [0.29, 0.717) is 0 Å². The third kappa shape index (κ3) is 3.74. The van der Waals surface area contributed by atoms with Crippen LogP contribution in [0.15, 0.2) is 18.2 Å². The van der Waals surface area contributed by atoms with Crippen molar-refractivity contribution in [2.45, 2.75) is 26.4 Å². The van der Waals surface area contributed by atoms with Crippen molar-refractivity contribution in [3.63, 3.8) is 0 Å². The van der Waals surface area contributed by atoms with Crippen LogP contribution < -0.4 is 5.48 Å². The molecule has 1 rings (SSSR count). The molecule has 6 nitrogen and oxygen atoms in total. The predicted molar refractivity (Wildman–Crippen MR) is 63.4 cm³/mol. The first-order valence-electron chi connectivity index (χ1n) is 5.25. The Kier molecular flexibility index (Phi) is 3.93. The van der Waals surface area contributed by atoms with Crippen molar-refractivity contribution in [3.05, 3.63) is 29.3 Å². The topological polar surface area (TPSA) is 95.9 Å². The van der Waals surface area contributed by atoms with Crippen molar-refractivity contribution < 1.29 is 24.6 Å². The number of aromatic hydroxyl groups is 1. The number of carbonyl (C=O) groups excluding carboxylic acids is 1. The lowest BCUT2D eigenvalue weighted by molar-refractivity contribution is -0.0590. The first-order valence-corrected chi connectivity index (χ1v) is 5.25. The van der Waals surface area contributed by atoms with Crippen LogP contribution in [0.2, 0.25) is 0 Å². The molecule has 0 aliphatic carbocycles. The molecule has 0 bridgehead atoms. The van der Waals surface area contributed by atoms with E-state index in [1.807, 2.05) is 0 Å². The van der Waals surface area contributed by atoms with Crippen molar-refractivity contribution in [1.29, 1.82) is 0 Å². The highest BCUT2D eigenvalue weighted by molar-refractivity contribution is 5.98. The van der Waals surface area contributed by atoms with Gasteiger partial charge in [-0.3, -0.25) is 9.63 Å². The Hall–Kier alpha value is -2.08. The molecule has 6 heteroatoms. The number of carboxylic acid groups (broad SMARTS) is 1. The van der Waals surface area contributed by atoms with E-state index in [4.69, 9.17) is 9.94 Å². The summed E-state index contributed by atoms with van der Waals surface area (Å²) in [7, 11) is 0. The Labute approximate surface area is 104 Å². The van der Waals surface area contributed by atoms with Crippen LogP contribution in [0, 0.1) is 0 Å². The highest BCUT2D eigenvalue weighted by Gasteiger charge is 2.17. The van der Waals surface area contributed by atoms with E-state index in [1.165, 1.54) is 12.1 Å². The summed E-state index contributed by atoms with van der Waals surface area (Å²) in [5, 5.41) is 18.3. The van der Waals surface area contributed by atoms with Crippen LogP contribution in [0.5, 0.6) is 5.75 Å². The van der Waals surface area contributed by atoms with Crippen LogP contribution in [-0.4, -0.2) is 27.7 Å². The maximum absolute atomic E-state index is 11.6. The molecule has 0 spiro atoms. The summed E-state index contributed by atoms with van der Waals surface area (Å²) in [6.07, 6.45) is 0. The number of rotatable bonds is 3. The molecule has 98 valence electrons. The smallest absolute Gasteiger partial charge is 0.335 e. The van der Waals surface area contributed by atoms with Gasteiger partial charge >= 0.3 is 5.97 Å². The van der Waals surface area contributed by atoms with E-state index in [-0.39, 0.29) is 11.1 Å². The van der Waals surface area contributed by atoms with Gasteiger partial charge in [0.1, 0.15) is 5.75 Å². The largest absolute Gasteiger partial charge is 0.507 e. The first-order chi connectivity index (χ1) is 8.20. The minimum absolute atomic E-state index is 0.0516. The molecule has 0 saturated heterocycles. The number of hydrogen-bond donors (Lipinski definition) is 3. The molecule has 1 aromatic carbocycles. The number of benzene rings is 1. The Morgan fingerprint density at radius 3 is 2.33 bits per heavy atom. The maximum atomic E-state index is 11.6. The fraction of sp³-hybridized carbons (Fsp3) is 0.333. The van der Waals surface area contributed by atoms with Gasteiger partial charge in [-0.1, -0.05) is 0 Å². The number of carboxylic acids is 1. The summed E-state index contributed by atoms with van der Waals surface area (Å²) in [6.45, 7) is 5.25. The lowest BCUT2D eigenvalue weighted by Gasteiger charge is -2.19. The van der Waals surface area contributed by atoms with E-state index in [1.54, 1.807) is 20.8 Å². The Morgan fingerprint density at radius 1 is 1.28 bits per heavy atom. The summed E-state index contributed by atoms with van der Waals surface area (Å²) in [5.41, 5.74) is 1.47. The molecule has 0 fully saturated rings. The molecule has 0 aliphatic rings. The third-order valence-corrected chi connectivity index (χ3v) is 1.94. The summed E-state index contributed by atoms with van der Waals surface area (Å²) in [5.74, 6) is -2.23. The van der Waals surface area contributed by atoms with Gasteiger partial charge in [-0.25, -0.2) is 10.3 Å². The molecule has 0 atom stereocenters. The van der Waals surface area contributed by atoms with E-state index in [9.17, 15) is 14.7 Å². The Bertz CT molecular complexity index is 476. The average molecular weight is 253 g/mol. The van der Waals surface area contributed by atoms with Gasteiger partial charge in [-0.05, 0) is 39.0 Å². The van der Waals surface area contributed by atoms with Crippen LogP contribution in [0.1, 0.15) is 41.5 Å². The molecule has 0 radical (unpaired) electrons. The molecule has 0 aliphatic heterocycles. The predicted octanol–water partition coefficient (Wildman–Crippen LogP) is 1.55. The summed E-state index contributed by atoms with van der Waals surface area (Å²) >= 11 is 0. The maximum Gasteiger partial charge on any atom is 0.335 e. The molecule has 0 saturated carbocycles. The van der Waals surface area contributed by atoms with Gasteiger partial charge in [0.25, 0.3) is 5.91 Å². The molecule has 1 aromatic rings. The Balaban J connectivity index is 2.84. The van der Waals surface area contributed by atoms with Crippen LogP contribution >= 0.6 is 0 Å². The number of hydroxylamine groups is 1. The molecule has 3 N–H and O–H groups in total. The number of carbonyl (C=O) groups is 2. The molecule has 18 heavy (non-hydrogen) atoms. The average Bonchev–Trinajstić information content (AvgIpc) is 2.24. The molecule has 0 aromatic heterocycles. The number of amides is 1. The second kappa shape index (κ2) is 5.05. The van der Waals surface area contributed by atoms with E-state index >= 15 is 0 Å². The SMILES string of the molecule is CC(C)(C)ONC(=O)c1ccc(C(=O)O)cc1O. The number of nitrogens with one attached hydrogen (secondary N) is 1. The van der Waals surface area contributed by atoms with Crippen molar-refractivity contribution in [2.24, 2.45) is 0 Å². The fourth-order valence-corrected chi connectivity index (χ4v) is 1.11. The lowest BCUT2D eigenvalue weighted by atomic mass is 10.1. The molecular formula is C12H15NO5. The summed E-state index contributed by atoms with van der Waals surface area (Å²) in [6, 6.07) is 3.46. The number of aromatic carboxylic acids is 1. The minimum atomic E-state index is -1.18. The van der Waals surface area contributed by atoms with Crippen molar-refractivity contribution >= 4 is 11.9 Å². The minimum Gasteiger partial charge on any atom is -0.507 e. The van der Waals surface area contributed by atoms with Crippen molar-refractivity contribution in [3.8, 4) is 5.75 Å². The van der Waals surface area contributed by atoms with Crippen molar-refractivity contribution in [2.75, 3.05) is 0 Å². The van der Waals surface area contributed by atoms with Gasteiger partial charge in [0.2, 0.25) is 0 Å². The van der Waals surface area contributed by atoms with Crippen molar-refractivity contribution in [1.82, 2.24) is 5.48 Å². The first kappa shape index (κ1) is 14.0. The van der Waals surface area contributed by atoms with Gasteiger partial charge in [0.05, 0.1) is 16.7 Å². The standard InChI is InChI=1S/C12H15NO5/c1-12(2,3)18-13-10(15)8-5-4-7(11(16)17)6-9(8)14/h4-6,14H,1-3H3,(H,13,15)(H,16,17). The van der Waals surface area contributed by atoms with Gasteiger partial charge in [-0.15, -0.1) is 0 Å². The Morgan fingerprint density at radius 2 is 1.89 bits per heavy atom. The number of phenolic OH excluding ortho intramolecular Hbond substituents is 1. The summed E-state index contributed by atoms with van der Waals surface area (Å²) < 4.78 is 0. The van der Waals surface area contributed by atoms with E-state index < -0.39 is 23.2 Å². The molecule has 0 unspecified atom stereocenters. The van der Waals surface area contributed by atoms with Gasteiger partial charge in [-0.2, -0.15) is 0 Å². The highest BCUT2D eigenvalue weighted by atomic mass is 16.7. The third-order valence-electron chi connectivity index (χ3n) is 1.94. The number of hydrogen-bond acceptors (Lipinski definition) is 4. The van der Waals surface area contributed by atoms with Crippen LogP contribution in [0.4, 0.5) is 0 Å². The van der Waals surface area contributed by atoms with Crippen LogP contribution in [0.3, 0.4) is 0 Å². The zero-order valence-electron chi connectivity index (χ0n) is 10.4. The number of phenols is 1. The fourth-order valence-electron chi connectivity index (χ4n) is 1.11. The molecule has 1 amide bonds. The van der Waals surface area contributed by atoms with Crippen LogP contribution in [-0.2, 0) is 4.84 Å². The molecular weight excluding hydrogens is 238 g/mol. The quantitative estimate of drug-likeness (QED) is 0.710. The second-order valence-corrected chi connectivity index (χ2v) is 4.68. The highest BCUT2D eigenvalue weighted by Crippen LogP contribution is 2.19. The normalized spacial score (nSPS) is 11.1.